The van der Waals surface area contributed by atoms with Crippen LogP contribution in [0.4, 0.5) is 0 Å². The summed E-state index contributed by atoms with van der Waals surface area (Å²) < 4.78 is 28.0. The minimum atomic E-state index is -3.20. The van der Waals surface area contributed by atoms with Crippen LogP contribution in [0, 0.1) is 0 Å². The lowest BCUT2D eigenvalue weighted by Crippen LogP contribution is -2.37. The molecule has 0 heterocycles. The molecule has 1 unspecified atom stereocenters. The van der Waals surface area contributed by atoms with Gasteiger partial charge in [-0.3, -0.25) is 4.79 Å². The van der Waals surface area contributed by atoms with Gasteiger partial charge in [0.05, 0.1) is 17.9 Å². The van der Waals surface area contributed by atoms with Gasteiger partial charge < -0.3 is 15.4 Å². The molecule has 0 aliphatic rings. The van der Waals surface area contributed by atoms with Crippen molar-refractivity contribution in [1.29, 1.82) is 0 Å². The van der Waals surface area contributed by atoms with Crippen molar-refractivity contribution in [3.8, 4) is 5.75 Å². The Bertz CT molecular complexity index is 561. The molecular formula is C14H23ClN2O4S. The standard InChI is InChI=1S/C14H22N2O4S.ClH/c1-11(15-2)10-16-14(17)8-9-20-12-4-6-13(7-5-12)21(3,18)19;/h4-7,11,15H,8-10H2,1-3H3,(H,16,17);1H. The Hall–Kier alpha value is -1.31. The largest absolute Gasteiger partial charge is 0.493 e. The van der Waals surface area contributed by atoms with Crippen molar-refractivity contribution >= 4 is 28.2 Å². The third-order valence-electron chi connectivity index (χ3n) is 2.95. The van der Waals surface area contributed by atoms with Gasteiger partial charge in [-0.05, 0) is 38.2 Å². The summed E-state index contributed by atoms with van der Waals surface area (Å²) in [7, 11) is -1.36. The summed E-state index contributed by atoms with van der Waals surface area (Å²) in [6.45, 7) is 2.79. The van der Waals surface area contributed by atoms with Gasteiger partial charge >= 0.3 is 0 Å². The molecule has 0 aliphatic heterocycles. The molecule has 0 saturated heterocycles. The van der Waals surface area contributed by atoms with Gasteiger partial charge in [0.25, 0.3) is 0 Å². The van der Waals surface area contributed by atoms with Crippen LogP contribution >= 0.6 is 12.4 Å². The molecule has 1 aromatic rings. The van der Waals surface area contributed by atoms with Crippen molar-refractivity contribution in [3.05, 3.63) is 24.3 Å². The first-order chi connectivity index (χ1) is 9.82. The molecule has 0 spiro atoms. The van der Waals surface area contributed by atoms with E-state index in [0.717, 1.165) is 6.26 Å². The average Bonchev–Trinajstić information content (AvgIpc) is 2.44. The highest BCUT2D eigenvalue weighted by Crippen LogP contribution is 2.15. The van der Waals surface area contributed by atoms with Gasteiger partial charge in [-0.25, -0.2) is 8.42 Å². The molecule has 1 aromatic carbocycles. The van der Waals surface area contributed by atoms with Gasteiger partial charge in [0.1, 0.15) is 5.75 Å². The third-order valence-corrected chi connectivity index (χ3v) is 4.08. The van der Waals surface area contributed by atoms with Gasteiger partial charge in [-0.2, -0.15) is 0 Å². The second kappa shape index (κ2) is 9.66. The number of ether oxygens (including phenoxy) is 1. The summed E-state index contributed by atoms with van der Waals surface area (Å²) in [6.07, 6.45) is 1.41. The molecule has 0 radical (unpaired) electrons. The first-order valence-electron chi connectivity index (χ1n) is 6.70. The molecule has 6 nitrogen and oxygen atoms in total. The zero-order valence-electron chi connectivity index (χ0n) is 13.0. The normalized spacial score (nSPS) is 12.1. The van der Waals surface area contributed by atoms with Crippen LogP contribution in [-0.2, 0) is 14.6 Å². The Morgan fingerprint density at radius 3 is 2.36 bits per heavy atom. The lowest BCUT2D eigenvalue weighted by Gasteiger charge is -2.11. The monoisotopic (exact) mass is 350 g/mol. The van der Waals surface area contributed by atoms with E-state index in [1.54, 1.807) is 12.1 Å². The fraction of sp³-hybridized carbons (Fsp3) is 0.500. The Kier molecular flexibility index (Phi) is 9.08. The molecule has 0 aromatic heterocycles. The fourth-order valence-electron chi connectivity index (χ4n) is 1.50. The number of halogens is 1. The molecule has 1 rings (SSSR count). The SMILES string of the molecule is CNC(C)CNC(=O)CCOc1ccc(S(C)(=O)=O)cc1.Cl. The quantitative estimate of drug-likeness (QED) is 0.730. The molecule has 0 aliphatic carbocycles. The number of hydrogen-bond donors (Lipinski definition) is 2. The highest BCUT2D eigenvalue weighted by atomic mass is 35.5. The Morgan fingerprint density at radius 2 is 1.86 bits per heavy atom. The second-order valence-corrected chi connectivity index (χ2v) is 6.85. The number of likely N-dealkylation sites (N-methyl/N-ethyl adjacent to an activating group) is 1. The fourth-order valence-corrected chi connectivity index (χ4v) is 2.13. The van der Waals surface area contributed by atoms with Gasteiger partial charge in [0, 0.05) is 18.8 Å². The molecular weight excluding hydrogens is 328 g/mol. The maximum atomic E-state index is 11.5. The number of nitrogens with one attached hydrogen (secondary N) is 2. The van der Waals surface area contributed by atoms with E-state index < -0.39 is 9.84 Å². The third kappa shape index (κ3) is 7.63. The molecule has 0 saturated carbocycles. The maximum Gasteiger partial charge on any atom is 0.223 e. The minimum Gasteiger partial charge on any atom is -0.493 e. The summed E-state index contributed by atoms with van der Waals surface area (Å²) in [6, 6.07) is 6.35. The lowest BCUT2D eigenvalue weighted by atomic mass is 10.3. The molecule has 2 N–H and O–H groups in total. The van der Waals surface area contributed by atoms with E-state index >= 15 is 0 Å². The predicted molar refractivity (Wildman–Crippen MR) is 88.4 cm³/mol. The summed E-state index contributed by atoms with van der Waals surface area (Å²) in [5.41, 5.74) is 0. The summed E-state index contributed by atoms with van der Waals surface area (Å²) in [5.74, 6) is 0.462. The van der Waals surface area contributed by atoms with Gasteiger partial charge in [0.2, 0.25) is 5.91 Å². The van der Waals surface area contributed by atoms with Crippen LogP contribution < -0.4 is 15.4 Å². The summed E-state index contributed by atoms with van der Waals surface area (Å²) >= 11 is 0. The number of benzene rings is 1. The van der Waals surface area contributed by atoms with Crippen molar-refractivity contribution in [2.45, 2.75) is 24.3 Å². The summed E-state index contributed by atoms with van der Waals surface area (Å²) in [5, 5.41) is 5.81. The highest BCUT2D eigenvalue weighted by molar-refractivity contribution is 7.90. The number of carbonyl (C=O) groups is 1. The van der Waals surface area contributed by atoms with E-state index in [4.69, 9.17) is 4.74 Å². The van der Waals surface area contributed by atoms with Crippen LogP contribution in [-0.4, -0.2) is 46.8 Å². The van der Waals surface area contributed by atoms with Crippen LogP contribution in [0.2, 0.25) is 0 Å². The van der Waals surface area contributed by atoms with Crippen molar-refractivity contribution < 1.29 is 17.9 Å². The van der Waals surface area contributed by atoms with E-state index in [0.29, 0.717) is 12.3 Å². The molecule has 1 amide bonds. The predicted octanol–water partition coefficient (Wildman–Crippen LogP) is 1.00. The molecule has 0 bridgehead atoms. The van der Waals surface area contributed by atoms with Crippen LogP contribution in [0.25, 0.3) is 0 Å². The number of rotatable bonds is 8. The zero-order chi connectivity index (χ0) is 15.9. The van der Waals surface area contributed by atoms with Gasteiger partial charge in [0.15, 0.2) is 9.84 Å². The molecule has 1 atom stereocenters. The van der Waals surface area contributed by atoms with Crippen molar-refractivity contribution in [3.63, 3.8) is 0 Å². The van der Waals surface area contributed by atoms with E-state index in [1.807, 2.05) is 14.0 Å². The van der Waals surface area contributed by atoms with E-state index in [1.165, 1.54) is 12.1 Å². The highest BCUT2D eigenvalue weighted by Gasteiger charge is 2.07. The first kappa shape index (κ1) is 20.7. The topological polar surface area (TPSA) is 84.5 Å². The molecule has 8 heteroatoms. The van der Waals surface area contributed by atoms with Crippen LogP contribution in [0.1, 0.15) is 13.3 Å². The van der Waals surface area contributed by atoms with E-state index in [-0.39, 0.29) is 42.3 Å². The smallest absolute Gasteiger partial charge is 0.223 e. The minimum absolute atomic E-state index is 0. The number of hydrogen-bond acceptors (Lipinski definition) is 5. The zero-order valence-corrected chi connectivity index (χ0v) is 14.6. The summed E-state index contributed by atoms with van der Waals surface area (Å²) in [4.78, 5) is 11.8. The number of carbonyl (C=O) groups excluding carboxylic acids is 1. The molecule has 126 valence electrons. The van der Waals surface area contributed by atoms with Crippen molar-refractivity contribution in [2.75, 3.05) is 26.5 Å². The van der Waals surface area contributed by atoms with E-state index in [9.17, 15) is 13.2 Å². The number of amides is 1. The number of sulfone groups is 1. The first-order valence-corrected chi connectivity index (χ1v) is 8.59. The van der Waals surface area contributed by atoms with Crippen LogP contribution in [0.15, 0.2) is 29.2 Å². The van der Waals surface area contributed by atoms with Gasteiger partial charge in [-0.1, -0.05) is 0 Å². The Balaban J connectivity index is 0.00000441. The lowest BCUT2D eigenvalue weighted by molar-refractivity contribution is -0.121. The average molecular weight is 351 g/mol. The van der Waals surface area contributed by atoms with Crippen LogP contribution in [0.3, 0.4) is 0 Å². The Morgan fingerprint density at radius 1 is 1.27 bits per heavy atom. The molecule has 0 fully saturated rings. The van der Waals surface area contributed by atoms with Crippen LogP contribution in [0.5, 0.6) is 5.75 Å². The Labute approximate surface area is 138 Å². The van der Waals surface area contributed by atoms with Crippen molar-refractivity contribution in [2.24, 2.45) is 0 Å². The molecule has 22 heavy (non-hydrogen) atoms. The maximum absolute atomic E-state index is 11.5. The van der Waals surface area contributed by atoms with E-state index in [2.05, 4.69) is 10.6 Å². The second-order valence-electron chi connectivity index (χ2n) is 4.84. The van der Waals surface area contributed by atoms with Gasteiger partial charge in [-0.15, -0.1) is 12.4 Å². The van der Waals surface area contributed by atoms with Crippen molar-refractivity contribution in [1.82, 2.24) is 10.6 Å².